The Morgan fingerprint density at radius 2 is 1.71 bits per heavy atom. The van der Waals surface area contributed by atoms with Gasteiger partial charge in [-0.15, -0.1) is 0 Å². The summed E-state index contributed by atoms with van der Waals surface area (Å²) in [6.45, 7) is 3.87. The van der Waals surface area contributed by atoms with Gasteiger partial charge in [-0.1, -0.05) is 6.07 Å². The zero-order valence-corrected chi connectivity index (χ0v) is 17.5. The summed E-state index contributed by atoms with van der Waals surface area (Å²) in [6, 6.07) is 11.6. The minimum atomic E-state index is -3.27. The van der Waals surface area contributed by atoms with E-state index in [2.05, 4.69) is 0 Å². The second-order valence-electron chi connectivity index (χ2n) is 6.57. The van der Waals surface area contributed by atoms with Crippen molar-refractivity contribution in [2.75, 3.05) is 25.3 Å². The van der Waals surface area contributed by atoms with Gasteiger partial charge in [-0.3, -0.25) is 4.79 Å². The molecule has 0 aliphatic carbocycles. The Morgan fingerprint density at radius 3 is 2.25 bits per heavy atom. The fourth-order valence-electron chi connectivity index (χ4n) is 2.46. The summed E-state index contributed by atoms with van der Waals surface area (Å²) >= 11 is 0. The van der Waals surface area contributed by atoms with E-state index < -0.39 is 9.84 Å². The van der Waals surface area contributed by atoms with Crippen LogP contribution in [0.15, 0.2) is 53.4 Å². The maximum absolute atomic E-state index is 12.4. The van der Waals surface area contributed by atoms with Crippen LogP contribution in [0.2, 0.25) is 0 Å². The number of ether oxygens (including phenoxy) is 2. The highest BCUT2D eigenvalue weighted by Crippen LogP contribution is 2.29. The molecule has 2 aromatic carbocycles. The molecule has 0 fully saturated rings. The first kappa shape index (κ1) is 21.5. The number of amides is 1. The second-order valence-corrected chi connectivity index (χ2v) is 8.59. The van der Waals surface area contributed by atoms with E-state index in [0.717, 1.165) is 11.8 Å². The van der Waals surface area contributed by atoms with E-state index in [1.54, 1.807) is 44.5 Å². The van der Waals surface area contributed by atoms with Gasteiger partial charge in [-0.25, -0.2) is 8.42 Å². The molecule has 0 atom stereocenters. The molecular formula is C21H25NO5S. The molecule has 1 amide bonds. The second kappa shape index (κ2) is 8.93. The van der Waals surface area contributed by atoms with Crippen LogP contribution in [0, 0.1) is 0 Å². The molecule has 0 radical (unpaired) electrons. The fraction of sp³-hybridized carbons (Fsp3) is 0.286. The molecule has 28 heavy (non-hydrogen) atoms. The van der Waals surface area contributed by atoms with E-state index in [-0.39, 0.29) is 16.9 Å². The van der Waals surface area contributed by atoms with Crippen molar-refractivity contribution in [2.45, 2.75) is 24.8 Å². The largest absolute Gasteiger partial charge is 0.493 e. The van der Waals surface area contributed by atoms with Crippen molar-refractivity contribution in [2.24, 2.45) is 0 Å². The number of nitrogens with zero attached hydrogens (tertiary/aromatic N) is 1. The maximum atomic E-state index is 12.4. The molecule has 0 N–H and O–H groups in total. The van der Waals surface area contributed by atoms with Crippen molar-refractivity contribution in [1.82, 2.24) is 0 Å². The van der Waals surface area contributed by atoms with E-state index >= 15 is 0 Å². The van der Waals surface area contributed by atoms with Crippen LogP contribution in [0.5, 0.6) is 11.5 Å². The molecule has 2 aromatic rings. The number of likely N-dealkylation sites (N-methyl/N-ethyl adjacent to an activating group) is 1. The van der Waals surface area contributed by atoms with Crippen molar-refractivity contribution < 1.29 is 22.7 Å². The third-order valence-electron chi connectivity index (χ3n) is 3.95. The quantitative estimate of drug-likeness (QED) is 0.661. The lowest BCUT2D eigenvalue weighted by molar-refractivity contribution is -0.113. The number of carbonyl (C=O) groups is 1. The molecule has 0 heterocycles. The number of anilines is 1. The number of methoxy groups -OCH3 is 1. The van der Waals surface area contributed by atoms with Gasteiger partial charge in [-0.2, -0.15) is 0 Å². The minimum Gasteiger partial charge on any atom is -0.493 e. The van der Waals surface area contributed by atoms with Crippen molar-refractivity contribution in [3.8, 4) is 11.5 Å². The van der Waals surface area contributed by atoms with Crippen LogP contribution in [0.4, 0.5) is 5.69 Å². The number of hydrogen-bond acceptors (Lipinski definition) is 5. The van der Waals surface area contributed by atoms with Crippen molar-refractivity contribution in [3.05, 3.63) is 54.1 Å². The van der Waals surface area contributed by atoms with Crippen LogP contribution < -0.4 is 14.4 Å². The lowest BCUT2D eigenvalue weighted by Crippen LogP contribution is -2.23. The molecule has 0 spiro atoms. The van der Waals surface area contributed by atoms with Gasteiger partial charge >= 0.3 is 0 Å². The first-order valence-corrected chi connectivity index (χ1v) is 10.6. The lowest BCUT2D eigenvalue weighted by Gasteiger charge is -2.16. The zero-order chi connectivity index (χ0) is 20.9. The normalized spacial score (nSPS) is 11.6. The maximum Gasteiger partial charge on any atom is 0.250 e. The summed E-state index contributed by atoms with van der Waals surface area (Å²) in [5.41, 5.74) is 1.39. The average molecular weight is 404 g/mol. The van der Waals surface area contributed by atoms with E-state index in [0.29, 0.717) is 17.2 Å². The van der Waals surface area contributed by atoms with Crippen LogP contribution in [0.25, 0.3) is 6.08 Å². The molecule has 0 aromatic heterocycles. The summed E-state index contributed by atoms with van der Waals surface area (Å²) in [7, 11) is -0.0774. The van der Waals surface area contributed by atoms with Crippen LogP contribution in [0.1, 0.15) is 19.4 Å². The van der Waals surface area contributed by atoms with Gasteiger partial charge in [0, 0.05) is 25.1 Å². The molecule has 0 unspecified atom stereocenters. The summed E-state index contributed by atoms with van der Waals surface area (Å²) in [6.07, 6.45) is 4.30. The van der Waals surface area contributed by atoms with E-state index in [9.17, 15) is 13.2 Å². The van der Waals surface area contributed by atoms with Crippen molar-refractivity contribution in [1.29, 1.82) is 0 Å². The molecule has 0 aliphatic rings. The molecule has 7 heteroatoms. The molecule has 0 saturated carbocycles. The predicted molar refractivity (Wildman–Crippen MR) is 111 cm³/mol. The third kappa shape index (κ3) is 5.60. The fourth-order valence-corrected chi connectivity index (χ4v) is 3.09. The first-order chi connectivity index (χ1) is 13.1. The Kier molecular flexibility index (Phi) is 6.85. The van der Waals surface area contributed by atoms with Gasteiger partial charge < -0.3 is 14.4 Å². The highest BCUT2D eigenvalue weighted by Gasteiger charge is 2.11. The van der Waals surface area contributed by atoms with Gasteiger partial charge in [0.1, 0.15) is 0 Å². The van der Waals surface area contributed by atoms with Crippen LogP contribution in [0.3, 0.4) is 0 Å². The average Bonchev–Trinajstić information content (AvgIpc) is 2.65. The minimum absolute atomic E-state index is 0.0274. The SMILES string of the molecule is COc1cc(/C=C/C(=O)N(C)c2ccc(S(C)(=O)=O)cc2)ccc1OC(C)C. The summed E-state index contributed by atoms with van der Waals surface area (Å²) in [5, 5.41) is 0. The van der Waals surface area contributed by atoms with Gasteiger partial charge in [0.15, 0.2) is 21.3 Å². The van der Waals surface area contributed by atoms with Crippen LogP contribution >= 0.6 is 0 Å². The summed E-state index contributed by atoms with van der Waals surface area (Å²) in [4.78, 5) is 14.1. The van der Waals surface area contributed by atoms with E-state index in [1.807, 2.05) is 19.9 Å². The number of sulfone groups is 1. The monoisotopic (exact) mass is 403 g/mol. The molecule has 0 saturated heterocycles. The Labute approximate surface area is 166 Å². The summed E-state index contributed by atoms with van der Waals surface area (Å²) < 4.78 is 34.1. The highest BCUT2D eigenvalue weighted by molar-refractivity contribution is 7.90. The molecule has 0 aliphatic heterocycles. The van der Waals surface area contributed by atoms with E-state index in [4.69, 9.17) is 9.47 Å². The standard InChI is InChI=1S/C21H25NO5S/c1-15(2)27-19-12-6-16(14-20(19)26-4)7-13-21(23)22(3)17-8-10-18(11-9-17)28(5,24)25/h6-15H,1-5H3/b13-7+. The zero-order valence-electron chi connectivity index (χ0n) is 16.7. The summed E-state index contributed by atoms with van der Waals surface area (Å²) in [5.74, 6) is 0.991. The number of hydrogen-bond donors (Lipinski definition) is 0. The first-order valence-electron chi connectivity index (χ1n) is 8.72. The predicted octanol–water partition coefficient (Wildman–Crippen LogP) is 3.56. The van der Waals surface area contributed by atoms with Crippen molar-refractivity contribution in [3.63, 3.8) is 0 Å². The molecule has 6 nitrogen and oxygen atoms in total. The number of benzene rings is 2. The van der Waals surface area contributed by atoms with Gasteiger partial charge in [0.05, 0.1) is 18.1 Å². The van der Waals surface area contributed by atoms with Gasteiger partial charge in [-0.05, 0) is 61.9 Å². The molecule has 2 rings (SSSR count). The topological polar surface area (TPSA) is 72.9 Å². The Balaban J connectivity index is 2.14. The molecule has 0 bridgehead atoms. The number of carbonyl (C=O) groups excluding carboxylic acids is 1. The Hall–Kier alpha value is -2.80. The van der Waals surface area contributed by atoms with E-state index in [1.165, 1.54) is 23.1 Å². The van der Waals surface area contributed by atoms with Crippen molar-refractivity contribution >= 4 is 27.5 Å². The Bertz CT molecular complexity index is 963. The Morgan fingerprint density at radius 1 is 1.07 bits per heavy atom. The molecular weight excluding hydrogens is 378 g/mol. The smallest absolute Gasteiger partial charge is 0.250 e. The van der Waals surface area contributed by atoms with Gasteiger partial charge in [0.25, 0.3) is 5.91 Å². The molecule has 150 valence electrons. The highest BCUT2D eigenvalue weighted by atomic mass is 32.2. The van der Waals surface area contributed by atoms with Crippen LogP contribution in [-0.2, 0) is 14.6 Å². The lowest BCUT2D eigenvalue weighted by atomic mass is 10.2. The van der Waals surface area contributed by atoms with Gasteiger partial charge in [0.2, 0.25) is 0 Å². The number of rotatable bonds is 7. The van der Waals surface area contributed by atoms with Crippen LogP contribution in [-0.4, -0.2) is 40.8 Å². The third-order valence-corrected chi connectivity index (χ3v) is 5.08.